The van der Waals surface area contributed by atoms with Crippen molar-refractivity contribution in [3.05, 3.63) is 0 Å². The Morgan fingerprint density at radius 2 is 2.00 bits per heavy atom. The van der Waals surface area contributed by atoms with Crippen LogP contribution in [0.2, 0.25) is 18.1 Å². The van der Waals surface area contributed by atoms with Crippen molar-refractivity contribution in [2.75, 3.05) is 0 Å². The average Bonchev–Trinajstić information content (AvgIpc) is 2.67. The monoisotopic (exact) mass is 350 g/mol. The van der Waals surface area contributed by atoms with Crippen molar-refractivity contribution in [1.29, 1.82) is 0 Å². The molecule has 2 fully saturated rings. The van der Waals surface area contributed by atoms with Gasteiger partial charge in [0.05, 0.1) is 10.9 Å². The SMILES string of the molecule is CC(C)(C)[Si](C)(C)O[C@H]1C(=O)O[C@H]2[C@H](Br)[C@@H](O)C[C@H]21. The molecule has 2 aliphatic rings. The van der Waals surface area contributed by atoms with Crippen molar-refractivity contribution in [2.45, 2.75) is 68.5 Å². The Bertz CT molecular complexity index is 379. The van der Waals surface area contributed by atoms with Crippen molar-refractivity contribution in [3.63, 3.8) is 0 Å². The number of ether oxygens (including phenoxy) is 1. The largest absolute Gasteiger partial charge is 0.459 e. The molecule has 0 aromatic carbocycles. The summed E-state index contributed by atoms with van der Waals surface area (Å²) in [6, 6.07) is 0. The number of aliphatic hydroxyl groups excluding tert-OH is 1. The van der Waals surface area contributed by atoms with Gasteiger partial charge in [-0.25, -0.2) is 4.79 Å². The van der Waals surface area contributed by atoms with E-state index < -0.39 is 20.5 Å². The van der Waals surface area contributed by atoms with E-state index in [0.29, 0.717) is 6.42 Å². The Morgan fingerprint density at radius 1 is 1.42 bits per heavy atom. The highest BCUT2D eigenvalue weighted by molar-refractivity contribution is 9.09. The zero-order chi connectivity index (χ0) is 14.6. The zero-order valence-corrected chi connectivity index (χ0v) is 14.7. The van der Waals surface area contributed by atoms with Gasteiger partial charge in [0.25, 0.3) is 0 Å². The third-order valence-electron chi connectivity index (χ3n) is 4.72. The first-order valence-corrected chi connectivity index (χ1v) is 10.6. The molecule has 110 valence electrons. The lowest BCUT2D eigenvalue weighted by Gasteiger charge is -2.38. The van der Waals surface area contributed by atoms with E-state index in [1.165, 1.54) is 0 Å². The molecule has 0 spiro atoms. The minimum absolute atomic E-state index is 0.0269. The van der Waals surface area contributed by atoms with Crippen LogP contribution in [-0.4, -0.2) is 42.5 Å². The lowest BCUT2D eigenvalue weighted by atomic mass is 10.0. The van der Waals surface area contributed by atoms with Crippen LogP contribution in [0.4, 0.5) is 0 Å². The smallest absolute Gasteiger partial charge is 0.334 e. The minimum Gasteiger partial charge on any atom is -0.459 e. The highest BCUT2D eigenvalue weighted by Gasteiger charge is 2.57. The second-order valence-corrected chi connectivity index (χ2v) is 12.9. The predicted molar refractivity (Wildman–Crippen MR) is 78.8 cm³/mol. The van der Waals surface area contributed by atoms with Crippen molar-refractivity contribution in [3.8, 4) is 0 Å². The van der Waals surface area contributed by atoms with Gasteiger partial charge in [0.15, 0.2) is 8.32 Å². The number of halogens is 1. The molecular weight excluding hydrogens is 328 g/mol. The summed E-state index contributed by atoms with van der Waals surface area (Å²) in [5, 5.41) is 9.94. The first kappa shape index (κ1) is 15.5. The van der Waals surface area contributed by atoms with Gasteiger partial charge in [-0.3, -0.25) is 0 Å². The highest BCUT2D eigenvalue weighted by Crippen LogP contribution is 2.45. The molecule has 1 N–H and O–H groups in total. The van der Waals surface area contributed by atoms with Crippen LogP contribution in [0.1, 0.15) is 27.2 Å². The van der Waals surface area contributed by atoms with Crippen molar-refractivity contribution >= 4 is 30.2 Å². The average molecular weight is 351 g/mol. The molecule has 4 nitrogen and oxygen atoms in total. The van der Waals surface area contributed by atoms with Crippen LogP contribution in [0.3, 0.4) is 0 Å². The number of esters is 1. The number of hydrogen-bond acceptors (Lipinski definition) is 4. The Balaban J connectivity index is 2.15. The summed E-state index contributed by atoms with van der Waals surface area (Å²) in [6.07, 6.45) is -0.667. The standard InChI is InChI=1S/C13H23BrO4Si/c1-13(2,3)19(4,5)18-11-7-6-8(15)9(14)10(7)17-12(11)16/h7-11,15H,6H2,1-5H3/t7-,8+,9-,10-,11-/m1/s1. The van der Waals surface area contributed by atoms with Gasteiger partial charge in [0, 0.05) is 5.92 Å². The molecule has 2 rings (SSSR count). The van der Waals surface area contributed by atoms with Crippen LogP contribution in [0.15, 0.2) is 0 Å². The molecule has 6 heteroatoms. The first-order chi connectivity index (χ1) is 8.54. The van der Waals surface area contributed by atoms with Crippen LogP contribution in [-0.2, 0) is 14.0 Å². The summed E-state index contributed by atoms with van der Waals surface area (Å²) < 4.78 is 11.6. The van der Waals surface area contributed by atoms with Crippen molar-refractivity contribution < 1.29 is 19.1 Å². The second-order valence-electron chi connectivity index (χ2n) is 7.11. The maximum atomic E-state index is 12.0. The van der Waals surface area contributed by atoms with Crippen molar-refractivity contribution in [2.24, 2.45) is 5.92 Å². The molecule has 1 saturated heterocycles. The summed E-state index contributed by atoms with van der Waals surface area (Å²) in [6.45, 7) is 10.7. The Hall–Kier alpha value is 0.0869. The van der Waals surface area contributed by atoms with Gasteiger partial charge in [0.2, 0.25) is 0 Å². The quantitative estimate of drug-likeness (QED) is 0.472. The molecule has 0 bridgehead atoms. The molecule has 19 heavy (non-hydrogen) atoms. The topological polar surface area (TPSA) is 55.8 Å². The lowest BCUT2D eigenvalue weighted by Crippen LogP contribution is -2.46. The number of rotatable bonds is 2. The van der Waals surface area contributed by atoms with E-state index in [4.69, 9.17) is 9.16 Å². The number of fused-ring (bicyclic) bond motifs is 1. The summed E-state index contributed by atoms with van der Waals surface area (Å²) in [7, 11) is -2.01. The fourth-order valence-corrected chi connectivity index (χ4v) is 4.43. The van der Waals surface area contributed by atoms with E-state index in [1.54, 1.807) is 0 Å². The van der Waals surface area contributed by atoms with Crippen molar-refractivity contribution in [1.82, 2.24) is 0 Å². The van der Waals surface area contributed by atoms with Gasteiger partial charge in [-0.05, 0) is 24.6 Å². The molecule has 1 aliphatic carbocycles. The van der Waals surface area contributed by atoms with E-state index in [0.717, 1.165) is 0 Å². The Labute approximate surface area is 124 Å². The van der Waals surface area contributed by atoms with E-state index in [-0.39, 0.29) is 27.9 Å². The van der Waals surface area contributed by atoms with E-state index in [9.17, 15) is 9.90 Å². The Kier molecular flexibility index (Phi) is 3.93. The predicted octanol–water partition coefficient (Wildman–Crippen LogP) is 2.45. The van der Waals surface area contributed by atoms with E-state index in [1.807, 2.05) is 0 Å². The molecule has 0 unspecified atom stereocenters. The molecule has 1 heterocycles. The van der Waals surface area contributed by atoms with Gasteiger partial charge in [0.1, 0.15) is 12.2 Å². The van der Waals surface area contributed by atoms with Gasteiger partial charge in [-0.15, -0.1) is 0 Å². The van der Waals surface area contributed by atoms with Crippen LogP contribution in [0.25, 0.3) is 0 Å². The number of carbonyl (C=O) groups excluding carboxylic acids is 1. The van der Waals surface area contributed by atoms with Gasteiger partial charge in [-0.2, -0.15) is 0 Å². The molecule has 1 saturated carbocycles. The van der Waals surface area contributed by atoms with Gasteiger partial charge in [-0.1, -0.05) is 36.7 Å². The molecular formula is C13H23BrO4Si. The fraction of sp³-hybridized carbons (Fsp3) is 0.923. The summed E-state index contributed by atoms with van der Waals surface area (Å²) in [5.41, 5.74) is 0. The van der Waals surface area contributed by atoms with Gasteiger partial charge >= 0.3 is 5.97 Å². The Morgan fingerprint density at radius 3 is 2.53 bits per heavy atom. The van der Waals surface area contributed by atoms with Crippen LogP contribution < -0.4 is 0 Å². The normalized spacial score (nSPS) is 39.3. The second kappa shape index (κ2) is 4.82. The zero-order valence-electron chi connectivity index (χ0n) is 12.1. The summed E-state index contributed by atoms with van der Waals surface area (Å²) >= 11 is 3.41. The molecule has 0 radical (unpaired) electrons. The van der Waals surface area contributed by atoms with Crippen LogP contribution in [0, 0.1) is 5.92 Å². The fourth-order valence-electron chi connectivity index (χ4n) is 2.45. The molecule has 0 aromatic heterocycles. The van der Waals surface area contributed by atoms with Crippen LogP contribution in [0.5, 0.6) is 0 Å². The summed E-state index contributed by atoms with van der Waals surface area (Å²) in [4.78, 5) is 11.8. The number of aliphatic hydroxyl groups is 1. The highest BCUT2D eigenvalue weighted by atomic mass is 79.9. The number of alkyl halides is 1. The van der Waals surface area contributed by atoms with E-state index in [2.05, 4.69) is 49.8 Å². The molecule has 0 aromatic rings. The minimum atomic E-state index is -2.01. The lowest BCUT2D eigenvalue weighted by molar-refractivity contribution is -0.147. The third kappa shape index (κ3) is 2.64. The maximum absolute atomic E-state index is 12.0. The number of hydrogen-bond donors (Lipinski definition) is 1. The van der Waals surface area contributed by atoms with Gasteiger partial charge < -0.3 is 14.3 Å². The maximum Gasteiger partial charge on any atom is 0.334 e. The van der Waals surface area contributed by atoms with E-state index >= 15 is 0 Å². The number of carbonyl (C=O) groups is 1. The molecule has 1 aliphatic heterocycles. The molecule has 5 atom stereocenters. The first-order valence-electron chi connectivity index (χ1n) is 6.75. The third-order valence-corrected chi connectivity index (χ3v) is 10.3. The summed E-state index contributed by atoms with van der Waals surface area (Å²) in [5.74, 6) is -0.294. The van der Waals surface area contributed by atoms with Crippen LogP contribution >= 0.6 is 15.9 Å². The molecule has 0 amide bonds.